The second-order valence-corrected chi connectivity index (χ2v) is 7.57. The van der Waals surface area contributed by atoms with Crippen LogP contribution in [0.25, 0.3) is 0 Å². The van der Waals surface area contributed by atoms with Crippen LogP contribution in [0.2, 0.25) is 0 Å². The van der Waals surface area contributed by atoms with E-state index in [1.165, 1.54) is 17.7 Å². The summed E-state index contributed by atoms with van der Waals surface area (Å²) in [5.74, 6) is 2.82. The molecule has 8 heteroatoms. The van der Waals surface area contributed by atoms with Crippen molar-refractivity contribution in [3.8, 4) is 11.5 Å². The van der Waals surface area contributed by atoms with Gasteiger partial charge < -0.3 is 24.6 Å². The third-order valence-electron chi connectivity index (χ3n) is 5.19. The number of hydrogen-bond acceptors (Lipinski definition) is 6. The molecule has 3 rings (SSSR count). The Kier molecular flexibility index (Phi) is 8.21. The van der Waals surface area contributed by atoms with Gasteiger partial charge in [-0.2, -0.15) is 0 Å². The fraction of sp³-hybridized carbons (Fsp3) is 0.600. The van der Waals surface area contributed by atoms with Crippen LogP contribution in [0.4, 0.5) is 0 Å². The van der Waals surface area contributed by atoms with Crippen LogP contribution in [0.15, 0.2) is 23.2 Å². The zero-order valence-electron chi connectivity index (χ0n) is 17.1. The van der Waals surface area contributed by atoms with Gasteiger partial charge in [0.05, 0.1) is 19.7 Å². The van der Waals surface area contributed by atoms with Crippen LogP contribution in [0.3, 0.4) is 0 Å². The molecule has 28 heavy (non-hydrogen) atoms. The molecule has 0 aliphatic carbocycles. The van der Waals surface area contributed by atoms with Gasteiger partial charge in [0, 0.05) is 27.2 Å². The average molecular weight is 502 g/mol. The lowest BCUT2D eigenvalue weighted by Gasteiger charge is -2.35. The number of halogens is 1. The second-order valence-electron chi connectivity index (χ2n) is 7.57. The molecular formula is C20H31IN4O3. The van der Waals surface area contributed by atoms with Crippen LogP contribution in [-0.4, -0.2) is 68.6 Å². The summed E-state index contributed by atoms with van der Waals surface area (Å²) in [6.07, 6.45) is 2.51. The average Bonchev–Trinajstić information content (AvgIpc) is 3.06. The van der Waals surface area contributed by atoms with Gasteiger partial charge in [-0.1, -0.05) is 13.0 Å². The Bertz CT molecular complexity index is 711. The first-order valence-electron chi connectivity index (χ1n) is 9.52. The SMILES string of the molecule is COc1cc(CNC2=NCC3CCC(C)CN23)ccc1OCC(=O)N(C)C.I. The summed E-state index contributed by atoms with van der Waals surface area (Å²) in [4.78, 5) is 20.3. The number of likely N-dealkylation sites (N-methyl/N-ethyl adjacent to an activating group) is 1. The van der Waals surface area contributed by atoms with Crippen molar-refractivity contribution < 1.29 is 14.3 Å². The highest BCUT2D eigenvalue weighted by Gasteiger charge is 2.32. The van der Waals surface area contributed by atoms with E-state index >= 15 is 0 Å². The fourth-order valence-electron chi connectivity index (χ4n) is 3.49. The monoisotopic (exact) mass is 502 g/mol. The molecule has 2 heterocycles. The Morgan fingerprint density at radius 2 is 2.11 bits per heavy atom. The minimum absolute atomic E-state index is 0. The number of amides is 1. The van der Waals surface area contributed by atoms with Gasteiger partial charge in [0.25, 0.3) is 5.91 Å². The molecule has 7 nitrogen and oxygen atoms in total. The molecule has 0 saturated carbocycles. The van der Waals surface area contributed by atoms with E-state index in [4.69, 9.17) is 9.47 Å². The van der Waals surface area contributed by atoms with Crippen molar-refractivity contribution in [2.75, 3.05) is 40.9 Å². The summed E-state index contributed by atoms with van der Waals surface area (Å²) in [6, 6.07) is 6.33. The zero-order valence-corrected chi connectivity index (χ0v) is 19.4. The van der Waals surface area contributed by atoms with Gasteiger partial charge in [-0.15, -0.1) is 24.0 Å². The largest absolute Gasteiger partial charge is 0.493 e. The summed E-state index contributed by atoms with van der Waals surface area (Å²) < 4.78 is 11.0. The van der Waals surface area contributed by atoms with E-state index in [0.717, 1.165) is 24.6 Å². The number of rotatable bonds is 6. The second kappa shape index (κ2) is 10.2. The van der Waals surface area contributed by atoms with Crippen LogP contribution in [0.5, 0.6) is 11.5 Å². The van der Waals surface area contributed by atoms with Crippen LogP contribution < -0.4 is 14.8 Å². The van der Waals surface area contributed by atoms with Gasteiger partial charge in [-0.25, -0.2) is 0 Å². The molecule has 2 atom stereocenters. The molecule has 1 saturated heterocycles. The summed E-state index contributed by atoms with van der Waals surface area (Å²) in [6.45, 7) is 4.93. The maximum atomic E-state index is 11.7. The highest BCUT2D eigenvalue weighted by atomic mass is 127. The number of nitrogens with zero attached hydrogens (tertiary/aromatic N) is 3. The first-order valence-corrected chi connectivity index (χ1v) is 9.52. The third kappa shape index (κ3) is 5.42. The van der Waals surface area contributed by atoms with Gasteiger partial charge in [0.1, 0.15) is 0 Å². The molecule has 1 amide bonds. The van der Waals surface area contributed by atoms with Crippen molar-refractivity contribution >= 4 is 35.8 Å². The molecule has 0 aromatic heterocycles. The van der Waals surface area contributed by atoms with Gasteiger partial charge in [0.2, 0.25) is 0 Å². The van der Waals surface area contributed by atoms with E-state index in [1.54, 1.807) is 21.2 Å². The number of nitrogens with one attached hydrogen (secondary N) is 1. The summed E-state index contributed by atoms with van der Waals surface area (Å²) in [5, 5.41) is 3.47. The van der Waals surface area contributed by atoms with Crippen molar-refractivity contribution in [1.82, 2.24) is 15.1 Å². The Morgan fingerprint density at radius 1 is 1.32 bits per heavy atom. The minimum Gasteiger partial charge on any atom is -0.493 e. The smallest absolute Gasteiger partial charge is 0.259 e. The molecule has 2 unspecified atom stereocenters. The summed E-state index contributed by atoms with van der Waals surface area (Å²) in [7, 11) is 5.02. The molecule has 156 valence electrons. The van der Waals surface area contributed by atoms with Gasteiger partial charge in [0.15, 0.2) is 24.1 Å². The number of piperidine rings is 1. The number of guanidine groups is 1. The lowest BCUT2D eigenvalue weighted by molar-refractivity contribution is -0.130. The number of hydrogen-bond donors (Lipinski definition) is 1. The van der Waals surface area contributed by atoms with Crippen LogP contribution >= 0.6 is 24.0 Å². The predicted molar refractivity (Wildman–Crippen MR) is 121 cm³/mol. The molecule has 2 aliphatic rings. The van der Waals surface area contributed by atoms with E-state index < -0.39 is 0 Å². The van der Waals surface area contributed by atoms with E-state index in [9.17, 15) is 4.79 Å². The Labute approximate surface area is 184 Å². The standard InChI is InChI=1S/C20H30N4O3.HI/c1-14-5-7-16-11-22-20(24(16)12-14)21-10-15-6-8-17(18(9-15)26-4)27-13-19(25)23(2)3;/h6,8-9,14,16H,5,7,10-13H2,1-4H3,(H,21,22);1H. The number of aliphatic imine (C=N–C) groups is 1. The molecule has 2 aliphatic heterocycles. The van der Waals surface area contributed by atoms with Crippen LogP contribution in [-0.2, 0) is 11.3 Å². The molecule has 0 radical (unpaired) electrons. The molecule has 1 aromatic carbocycles. The van der Waals surface area contributed by atoms with Crippen molar-refractivity contribution in [3.05, 3.63) is 23.8 Å². The fourth-order valence-corrected chi connectivity index (χ4v) is 3.49. The number of ether oxygens (including phenoxy) is 2. The highest BCUT2D eigenvalue weighted by molar-refractivity contribution is 14.0. The molecule has 1 N–H and O–H groups in total. The number of methoxy groups -OCH3 is 1. The quantitative estimate of drug-likeness (QED) is 0.606. The minimum atomic E-state index is -0.0904. The normalized spacial score (nSPS) is 20.6. The van der Waals surface area contributed by atoms with Crippen LogP contribution in [0, 0.1) is 5.92 Å². The van der Waals surface area contributed by atoms with Gasteiger partial charge in [-0.05, 0) is 36.5 Å². The number of carbonyl (C=O) groups is 1. The first kappa shape index (κ1) is 22.6. The molecule has 0 bridgehead atoms. The van der Waals surface area contributed by atoms with Gasteiger partial charge in [-0.3, -0.25) is 9.79 Å². The Balaban J connectivity index is 0.00000280. The molecule has 0 spiro atoms. The molecule has 1 fully saturated rings. The highest BCUT2D eigenvalue weighted by Crippen LogP contribution is 2.29. The van der Waals surface area contributed by atoms with E-state index in [-0.39, 0.29) is 36.5 Å². The maximum Gasteiger partial charge on any atom is 0.259 e. The topological polar surface area (TPSA) is 66.4 Å². The molecular weight excluding hydrogens is 471 g/mol. The first-order chi connectivity index (χ1) is 13.0. The van der Waals surface area contributed by atoms with Crippen LogP contribution in [0.1, 0.15) is 25.3 Å². The lowest BCUT2D eigenvalue weighted by atomic mass is 9.95. The van der Waals surface area contributed by atoms with Crippen molar-refractivity contribution in [2.24, 2.45) is 10.9 Å². The lowest BCUT2D eigenvalue weighted by Crippen LogP contribution is -2.48. The van der Waals surface area contributed by atoms with E-state index in [0.29, 0.717) is 30.0 Å². The van der Waals surface area contributed by atoms with Gasteiger partial charge >= 0.3 is 0 Å². The zero-order chi connectivity index (χ0) is 19.4. The summed E-state index contributed by atoms with van der Waals surface area (Å²) in [5.41, 5.74) is 1.08. The van der Waals surface area contributed by atoms with Crippen molar-refractivity contribution in [1.29, 1.82) is 0 Å². The summed E-state index contributed by atoms with van der Waals surface area (Å²) >= 11 is 0. The number of benzene rings is 1. The number of carbonyl (C=O) groups excluding carboxylic acids is 1. The van der Waals surface area contributed by atoms with E-state index in [2.05, 4.69) is 22.1 Å². The van der Waals surface area contributed by atoms with Crippen molar-refractivity contribution in [2.45, 2.75) is 32.4 Å². The predicted octanol–water partition coefficient (Wildman–Crippen LogP) is 2.34. The Hall–Kier alpha value is -1.71. The molecule has 1 aromatic rings. The van der Waals surface area contributed by atoms with E-state index in [1.807, 2.05) is 18.2 Å². The maximum absolute atomic E-state index is 11.7. The Morgan fingerprint density at radius 3 is 2.82 bits per heavy atom. The van der Waals surface area contributed by atoms with Crippen molar-refractivity contribution in [3.63, 3.8) is 0 Å². The third-order valence-corrected chi connectivity index (χ3v) is 5.19. The number of fused-ring (bicyclic) bond motifs is 1.